The molecule has 0 aromatic heterocycles. The van der Waals surface area contributed by atoms with Gasteiger partial charge in [-0.25, -0.2) is 0 Å². The van der Waals surface area contributed by atoms with Gasteiger partial charge in [-0.1, -0.05) is 38.5 Å². The van der Waals surface area contributed by atoms with Crippen molar-refractivity contribution in [3.63, 3.8) is 0 Å². The van der Waals surface area contributed by atoms with Crippen molar-refractivity contribution in [2.75, 3.05) is 18.5 Å². The number of aryl methyl sites for hydroxylation is 1. The molecule has 1 heteroatoms. The van der Waals surface area contributed by atoms with E-state index in [-0.39, 0.29) is 0 Å². The van der Waals surface area contributed by atoms with Crippen molar-refractivity contribution in [2.24, 2.45) is 0 Å². The lowest BCUT2D eigenvalue weighted by atomic mass is 10.2. The van der Waals surface area contributed by atoms with Gasteiger partial charge in [-0.3, -0.25) is 0 Å². The number of anilines is 1. The fraction of sp³-hybridized carbons (Fsp3) is 0.538. The van der Waals surface area contributed by atoms with Gasteiger partial charge < -0.3 is 4.90 Å². The van der Waals surface area contributed by atoms with Crippen LogP contribution >= 0.6 is 0 Å². The number of hydrogen-bond acceptors (Lipinski definition) is 1. The molecule has 1 nitrogen and oxygen atoms in total. The first-order valence-corrected chi connectivity index (χ1v) is 5.52. The lowest BCUT2D eigenvalue weighted by Gasteiger charge is -2.18. The lowest BCUT2D eigenvalue weighted by Crippen LogP contribution is -2.17. The minimum absolute atomic E-state index is 1.13. The summed E-state index contributed by atoms with van der Waals surface area (Å²) >= 11 is 0. The van der Waals surface area contributed by atoms with E-state index in [9.17, 15) is 0 Å². The number of hydrogen-bond donors (Lipinski definition) is 0. The second-order valence-electron chi connectivity index (χ2n) is 3.26. The molecule has 0 fully saturated rings. The summed E-state index contributed by atoms with van der Waals surface area (Å²) in [4.78, 5) is 2.28. The fourth-order valence-corrected chi connectivity index (χ4v) is 1.26. The van der Waals surface area contributed by atoms with Crippen LogP contribution in [0.2, 0.25) is 0 Å². The van der Waals surface area contributed by atoms with Crippen LogP contribution < -0.4 is 4.90 Å². The van der Waals surface area contributed by atoms with Crippen LogP contribution in [-0.4, -0.2) is 13.6 Å². The maximum Gasteiger partial charge on any atom is 0.0363 e. The van der Waals surface area contributed by atoms with Gasteiger partial charge in [0.05, 0.1) is 0 Å². The Morgan fingerprint density at radius 1 is 1.07 bits per heavy atom. The van der Waals surface area contributed by atoms with Crippen molar-refractivity contribution in [1.82, 2.24) is 0 Å². The van der Waals surface area contributed by atoms with Crippen LogP contribution in [0, 0.1) is 6.92 Å². The molecule has 0 amide bonds. The second-order valence-corrected chi connectivity index (χ2v) is 3.26. The highest BCUT2D eigenvalue weighted by Crippen LogP contribution is 2.12. The molecule has 1 aromatic rings. The van der Waals surface area contributed by atoms with Gasteiger partial charge in [0.2, 0.25) is 0 Å². The van der Waals surface area contributed by atoms with Crippen molar-refractivity contribution in [2.45, 2.75) is 34.1 Å². The van der Waals surface area contributed by atoms with Gasteiger partial charge in [0, 0.05) is 19.3 Å². The van der Waals surface area contributed by atoms with Gasteiger partial charge >= 0.3 is 0 Å². The highest BCUT2D eigenvalue weighted by atomic mass is 15.1. The molecule has 0 spiro atoms. The van der Waals surface area contributed by atoms with Gasteiger partial charge in [0.25, 0.3) is 0 Å². The highest BCUT2D eigenvalue weighted by Gasteiger charge is 1.96. The van der Waals surface area contributed by atoms with E-state index in [0.29, 0.717) is 0 Å². The van der Waals surface area contributed by atoms with E-state index >= 15 is 0 Å². The molecule has 0 N–H and O–H groups in total. The van der Waals surface area contributed by atoms with Crippen molar-refractivity contribution >= 4 is 5.69 Å². The SMILES string of the molecule is CC.CCCN(C)c1ccc(C)cc1. The summed E-state index contributed by atoms with van der Waals surface area (Å²) in [6, 6.07) is 8.65. The second kappa shape index (κ2) is 7.43. The van der Waals surface area contributed by atoms with Gasteiger partial charge in [0.1, 0.15) is 0 Å². The molecular weight excluding hydrogens is 170 g/mol. The topological polar surface area (TPSA) is 3.24 Å². The molecule has 0 aliphatic rings. The van der Waals surface area contributed by atoms with Crippen molar-refractivity contribution in [3.8, 4) is 0 Å². The van der Waals surface area contributed by atoms with Gasteiger partial charge in [0.15, 0.2) is 0 Å². The highest BCUT2D eigenvalue weighted by molar-refractivity contribution is 5.46. The molecule has 0 saturated heterocycles. The molecule has 0 aliphatic heterocycles. The zero-order valence-corrected chi connectivity index (χ0v) is 10.2. The zero-order chi connectivity index (χ0) is 11.0. The predicted octanol–water partition coefficient (Wildman–Crippen LogP) is 3.87. The average molecular weight is 193 g/mol. The predicted molar refractivity (Wildman–Crippen MR) is 66.1 cm³/mol. The van der Waals surface area contributed by atoms with E-state index in [0.717, 1.165) is 6.54 Å². The van der Waals surface area contributed by atoms with Crippen molar-refractivity contribution in [1.29, 1.82) is 0 Å². The molecule has 0 heterocycles. The fourth-order valence-electron chi connectivity index (χ4n) is 1.26. The molecule has 1 rings (SSSR count). The smallest absolute Gasteiger partial charge is 0.0363 e. The van der Waals surface area contributed by atoms with E-state index in [1.807, 2.05) is 13.8 Å². The molecule has 80 valence electrons. The monoisotopic (exact) mass is 193 g/mol. The molecule has 0 saturated carbocycles. The number of benzene rings is 1. The largest absolute Gasteiger partial charge is 0.375 e. The summed E-state index contributed by atoms with van der Waals surface area (Å²) in [6.07, 6.45) is 1.20. The van der Waals surface area contributed by atoms with Crippen LogP contribution in [0.1, 0.15) is 32.8 Å². The minimum Gasteiger partial charge on any atom is -0.375 e. The van der Waals surface area contributed by atoms with Crippen molar-refractivity contribution < 1.29 is 0 Å². The summed E-state index contributed by atoms with van der Waals surface area (Å²) in [6.45, 7) is 9.44. The first-order chi connectivity index (χ1) is 6.74. The first kappa shape index (κ1) is 13.0. The average Bonchev–Trinajstić information content (AvgIpc) is 2.22. The number of nitrogens with zero attached hydrogens (tertiary/aromatic N) is 1. The third-order valence-electron chi connectivity index (χ3n) is 2.03. The summed E-state index contributed by atoms with van der Waals surface area (Å²) in [5.74, 6) is 0. The Labute approximate surface area is 88.8 Å². The molecule has 1 aromatic carbocycles. The van der Waals surface area contributed by atoms with Crippen LogP contribution in [0.3, 0.4) is 0 Å². The van der Waals surface area contributed by atoms with E-state index in [1.165, 1.54) is 17.7 Å². The Bertz CT molecular complexity index is 225. The van der Waals surface area contributed by atoms with E-state index < -0.39 is 0 Å². The Hall–Kier alpha value is -0.980. The lowest BCUT2D eigenvalue weighted by molar-refractivity contribution is 0.852. The minimum atomic E-state index is 1.13. The van der Waals surface area contributed by atoms with Crippen LogP contribution in [0.5, 0.6) is 0 Å². The Morgan fingerprint density at radius 2 is 1.57 bits per heavy atom. The third kappa shape index (κ3) is 4.31. The normalized spacial score (nSPS) is 8.93. The van der Waals surface area contributed by atoms with Crippen molar-refractivity contribution in [3.05, 3.63) is 29.8 Å². The Balaban J connectivity index is 0.000000791. The Kier molecular flexibility index (Phi) is 6.91. The maximum atomic E-state index is 2.28. The van der Waals surface area contributed by atoms with Gasteiger partial charge in [-0.2, -0.15) is 0 Å². The summed E-state index contributed by atoms with van der Waals surface area (Å²) in [5, 5.41) is 0. The maximum absolute atomic E-state index is 2.28. The van der Waals surface area contributed by atoms with Crippen LogP contribution in [0.4, 0.5) is 5.69 Å². The third-order valence-corrected chi connectivity index (χ3v) is 2.03. The first-order valence-electron chi connectivity index (χ1n) is 5.52. The quantitative estimate of drug-likeness (QED) is 0.704. The molecular formula is C13H23N. The molecule has 0 bridgehead atoms. The molecule has 0 atom stereocenters. The summed E-state index contributed by atoms with van der Waals surface area (Å²) in [7, 11) is 2.13. The molecule has 0 radical (unpaired) electrons. The van der Waals surface area contributed by atoms with Crippen LogP contribution in [-0.2, 0) is 0 Å². The van der Waals surface area contributed by atoms with E-state index in [4.69, 9.17) is 0 Å². The standard InChI is InChI=1S/C11H17N.C2H6/c1-4-9-12(3)11-7-5-10(2)6-8-11;1-2/h5-8H,4,9H2,1-3H3;1-2H3. The molecule has 14 heavy (non-hydrogen) atoms. The van der Waals surface area contributed by atoms with E-state index in [1.54, 1.807) is 0 Å². The molecule has 0 aliphatic carbocycles. The van der Waals surface area contributed by atoms with Gasteiger partial charge in [-0.05, 0) is 25.5 Å². The zero-order valence-electron chi connectivity index (χ0n) is 10.2. The van der Waals surface area contributed by atoms with E-state index in [2.05, 4.69) is 50.1 Å². The summed E-state index contributed by atoms with van der Waals surface area (Å²) in [5.41, 5.74) is 2.63. The molecule has 0 unspecified atom stereocenters. The van der Waals surface area contributed by atoms with Crippen LogP contribution in [0.25, 0.3) is 0 Å². The summed E-state index contributed by atoms with van der Waals surface area (Å²) < 4.78 is 0. The Morgan fingerprint density at radius 3 is 2.00 bits per heavy atom. The van der Waals surface area contributed by atoms with Gasteiger partial charge in [-0.15, -0.1) is 0 Å². The number of rotatable bonds is 3. The van der Waals surface area contributed by atoms with Crippen LogP contribution in [0.15, 0.2) is 24.3 Å².